The summed E-state index contributed by atoms with van der Waals surface area (Å²) < 4.78 is 0. The fraction of sp³-hybridized carbons (Fsp3) is 0. The molecule has 5 heteroatoms. The smallest absolute Gasteiger partial charge is 0.248 e. The maximum atomic E-state index is 10.7. The van der Waals surface area contributed by atoms with E-state index in [-0.39, 0.29) is 5.03 Å². The molecule has 0 heterocycles. The van der Waals surface area contributed by atoms with Gasteiger partial charge in [-0.25, -0.2) is 0 Å². The predicted molar refractivity (Wildman–Crippen MR) is 39.5 cm³/mol. The molecule has 1 N–H and O–H groups in total. The van der Waals surface area contributed by atoms with Crippen LogP contribution in [0.25, 0.3) is 0 Å². The Morgan fingerprint density at radius 3 is 2.36 bits per heavy atom. The third kappa shape index (κ3) is 1.29. The molecule has 1 aliphatic carbocycles. The van der Waals surface area contributed by atoms with E-state index in [2.05, 4.69) is 0 Å². The summed E-state index contributed by atoms with van der Waals surface area (Å²) in [6.45, 7) is 0. The summed E-state index contributed by atoms with van der Waals surface area (Å²) in [6, 6.07) is 0. The van der Waals surface area contributed by atoms with E-state index < -0.39 is 22.4 Å². The molecule has 3 nitrogen and oxygen atoms in total. The van der Waals surface area contributed by atoms with Crippen LogP contribution in [-0.4, -0.2) is 16.7 Å². The van der Waals surface area contributed by atoms with Gasteiger partial charge in [-0.2, -0.15) is 0 Å². The van der Waals surface area contributed by atoms with Crippen LogP contribution in [0.1, 0.15) is 0 Å². The molecule has 0 aromatic carbocycles. The lowest BCUT2D eigenvalue weighted by Gasteiger charge is -2.05. The van der Waals surface area contributed by atoms with Gasteiger partial charge in [0.05, 0.1) is 5.03 Å². The van der Waals surface area contributed by atoms with Gasteiger partial charge in [0.25, 0.3) is 0 Å². The molecule has 58 valence electrons. The molecular weight excluding hydrogens is 191 g/mol. The zero-order valence-electron chi connectivity index (χ0n) is 5.10. The molecule has 1 rings (SSSR count). The normalized spacial score (nSPS) is 18.9. The minimum absolute atomic E-state index is 0.209. The zero-order chi connectivity index (χ0) is 8.59. The largest absolute Gasteiger partial charge is 0.505 e. The number of allylic oxidation sites excluding steroid dienone is 3. The van der Waals surface area contributed by atoms with Crippen LogP contribution in [0, 0.1) is 0 Å². The van der Waals surface area contributed by atoms with Gasteiger partial charge >= 0.3 is 0 Å². The van der Waals surface area contributed by atoms with Crippen LogP contribution >= 0.6 is 23.2 Å². The quantitative estimate of drug-likeness (QED) is 0.465. The number of aliphatic hydroxyl groups is 1. The predicted octanol–water partition coefficient (Wildman–Crippen LogP) is 1.27. The molecule has 0 aromatic heterocycles. The minimum atomic E-state index is -0.937. The van der Waals surface area contributed by atoms with Crippen LogP contribution in [0.4, 0.5) is 0 Å². The lowest BCUT2D eigenvalue weighted by Crippen LogP contribution is -2.17. The number of hydrogen-bond acceptors (Lipinski definition) is 3. The Balaban J connectivity index is 3.22. The van der Waals surface area contributed by atoms with Crippen molar-refractivity contribution in [1.82, 2.24) is 0 Å². The molecule has 0 aliphatic heterocycles. The average Bonchev–Trinajstić information content (AvgIpc) is 1.97. The molecule has 0 amide bonds. The van der Waals surface area contributed by atoms with Gasteiger partial charge in [-0.05, 0) is 0 Å². The van der Waals surface area contributed by atoms with Gasteiger partial charge in [-0.3, -0.25) is 9.59 Å². The summed E-state index contributed by atoms with van der Waals surface area (Å²) in [5, 5.41) is 8.17. The molecule has 0 saturated heterocycles. The first-order valence-electron chi connectivity index (χ1n) is 2.59. The first-order chi connectivity index (χ1) is 5.04. The van der Waals surface area contributed by atoms with Crippen molar-refractivity contribution in [2.45, 2.75) is 0 Å². The summed E-state index contributed by atoms with van der Waals surface area (Å²) in [5.74, 6) is -2.30. The Kier molecular flexibility index (Phi) is 2.02. The summed E-state index contributed by atoms with van der Waals surface area (Å²) in [6.07, 6.45) is 0.825. The van der Waals surface area contributed by atoms with E-state index in [1.165, 1.54) is 0 Å². The highest BCUT2D eigenvalue weighted by Gasteiger charge is 2.26. The molecule has 0 fully saturated rings. The highest BCUT2D eigenvalue weighted by Crippen LogP contribution is 2.24. The highest BCUT2D eigenvalue weighted by molar-refractivity contribution is 6.62. The summed E-state index contributed by atoms with van der Waals surface area (Å²) in [5.41, 5.74) is 0. The molecule has 0 atom stereocenters. The van der Waals surface area contributed by atoms with Crippen molar-refractivity contribution in [2.24, 2.45) is 0 Å². The maximum absolute atomic E-state index is 10.7. The number of carbonyl (C=O) groups excluding carboxylic acids is 2. The number of carbonyl (C=O) groups is 2. The monoisotopic (exact) mass is 192 g/mol. The second-order valence-corrected chi connectivity index (χ2v) is 2.63. The van der Waals surface area contributed by atoms with Crippen LogP contribution in [0.5, 0.6) is 0 Å². The van der Waals surface area contributed by atoms with Crippen LogP contribution < -0.4 is 0 Å². The van der Waals surface area contributed by atoms with Crippen LogP contribution in [0.3, 0.4) is 0 Å². The third-order valence-corrected chi connectivity index (χ3v) is 1.75. The molecule has 0 aromatic rings. The van der Waals surface area contributed by atoms with Crippen LogP contribution in [0.15, 0.2) is 21.9 Å². The maximum Gasteiger partial charge on any atom is 0.248 e. The number of rotatable bonds is 0. The Bertz CT molecular complexity index is 301. The first-order valence-corrected chi connectivity index (χ1v) is 3.34. The van der Waals surface area contributed by atoms with Crippen molar-refractivity contribution in [3.63, 3.8) is 0 Å². The fourth-order valence-corrected chi connectivity index (χ4v) is 1.01. The number of halogens is 2. The summed E-state index contributed by atoms with van der Waals surface area (Å²) in [4.78, 5) is 21.3. The Labute approximate surface area is 71.9 Å². The molecular formula is C6H2Cl2O3. The van der Waals surface area contributed by atoms with Crippen molar-refractivity contribution in [3.8, 4) is 0 Å². The zero-order valence-corrected chi connectivity index (χ0v) is 6.61. The molecule has 0 spiro atoms. The van der Waals surface area contributed by atoms with Crippen LogP contribution in [-0.2, 0) is 9.59 Å². The molecule has 0 unspecified atom stereocenters. The standard InChI is InChI=1S/C6H2Cl2O3/c7-2-1-3(9)6(11)4(8)5(2)10/h1,10H. The van der Waals surface area contributed by atoms with Crippen molar-refractivity contribution in [2.75, 3.05) is 0 Å². The Morgan fingerprint density at radius 2 is 1.82 bits per heavy atom. The Hall–Kier alpha value is -0.800. The summed E-state index contributed by atoms with van der Waals surface area (Å²) in [7, 11) is 0. The average molecular weight is 193 g/mol. The van der Waals surface area contributed by atoms with Gasteiger partial charge in [0.15, 0.2) is 5.76 Å². The topological polar surface area (TPSA) is 54.4 Å². The first kappa shape index (κ1) is 8.30. The number of Topliss-reactive ketones (excluding diaryl/α,β-unsaturated/α-hetero) is 1. The number of ketones is 2. The van der Waals surface area contributed by atoms with E-state index >= 15 is 0 Å². The summed E-state index contributed by atoms with van der Waals surface area (Å²) >= 11 is 10.6. The van der Waals surface area contributed by atoms with Gasteiger partial charge in [0, 0.05) is 6.08 Å². The van der Waals surface area contributed by atoms with E-state index in [9.17, 15) is 9.59 Å². The van der Waals surface area contributed by atoms with Gasteiger partial charge in [-0.15, -0.1) is 0 Å². The highest BCUT2D eigenvalue weighted by atomic mass is 35.5. The van der Waals surface area contributed by atoms with Crippen molar-refractivity contribution in [3.05, 3.63) is 21.9 Å². The van der Waals surface area contributed by atoms with Crippen LogP contribution in [0.2, 0.25) is 0 Å². The van der Waals surface area contributed by atoms with Crippen molar-refractivity contribution >= 4 is 34.8 Å². The third-order valence-electron chi connectivity index (χ3n) is 1.12. The molecule has 0 bridgehead atoms. The number of aliphatic hydroxyl groups excluding tert-OH is 1. The molecule has 0 saturated carbocycles. The van der Waals surface area contributed by atoms with Gasteiger partial charge < -0.3 is 5.11 Å². The molecule has 1 aliphatic rings. The second-order valence-electron chi connectivity index (χ2n) is 1.85. The van der Waals surface area contributed by atoms with E-state index in [0.717, 1.165) is 6.08 Å². The SMILES string of the molecule is O=C1C=C(Cl)C(O)=C(Cl)C1=O. The van der Waals surface area contributed by atoms with E-state index in [1.807, 2.05) is 0 Å². The fourth-order valence-electron chi connectivity index (χ4n) is 0.570. The van der Waals surface area contributed by atoms with Crippen molar-refractivity contribution < 1.29 is 14.7 Å². The molecule has 0 radical (unpaired) electrons. The minimum Gasteiger partial charge on any atom is -0.505 e. The van der Waals surface area contributed by atoms with Gasteiger partial charge in [0.2, 0.25) is 11.6 Å². The van der Waals surface area contributed by atoms with E-state index in [1.54, 1.807) is 0 Å². The van der Waals surface area contributed by atoms with Gasteiger partial charge in [-0.1, -0.05) is 23.2 Å². The van der Waals surface area contributed by atoms with E-state index in [4.69, 9.17) is 28.3 Å². The molecule has 11 heavy (non-hydrogen) atoms. The van der Waals surface area contributed by atoms with E-state index in [0.29, 0.717) is 0 Å². The van der Waals surface area contributed by atoms with Gasteiger partial charge in [0.1, 0.15) is 5.03 Å². The van der Waals surface area contributed by atoms with Crippen molar-refractivity contribution in [1.29, 1.82) is 0 Å². The second kappa shape index (κ2) is 2.68. The number of hydrogen-bond donors (Lipinski definition) is 1. The lowest BCUT2D eigenvalue weighted by molar-refractivity contribution is -0.131. The Morgan fingerprint density at radius 1 is 1.27 bits per heavy atom. The lowest BCUT2D eigenvalue weighted by atomic mass is 10.1.